The Morgan fingerprint density at radius 2 is 1.60 bits per heavy atom. The van der Waals surface area contributed by atoms with Crippen LogP contribution in [-0.4, -0.2) is 35.1 Å². The molecule has 2 saturated heterocycles. The summed E-state index contributed by atoms with van der Waals surface area (Å²) in [7, 11) is 0. The third-order valence-electron chi connectivity index (χ3n) is 8.41. The molecule has 4 aliphatic rings. The van der Waals surface area contributed by atoms with E-state index in [1.165, 1.54) is 0 Å². The van der Waals surface area contributed by atoms with Gasteiger partial charge < -0.3 is 10.6 Å². The van der Waals surface area contributed by atoms with Crippen molar-refractivity contribution in [3.05, 3.63) is 94.5 Å². The van der Waals surface area contributed by atoms with Gasteiger partial charge in [-0.25, -0.2) is 0 Å². The fraction of sp³-hybridized carbons (Fsp3) is 0.250. The van der Waals surface area contributed by atoms with E-state index in [0.29, 0.717) is 40.5 Å². The van der Waals surface area contributed by atoms with Crippen LogP contribution in [0.2, 0.25) is 5.02 Å². The van der Waals surface area contributed by atoms with Crippen LogP contribution in [0.1, 0.15) is 34.3 Å². The van der Waals surface area contributed by atoms with Crippen LogP contribution in [0.25, 0.3) is 0 Å². The maximum Gasteiger partial charge on any atom is 0.250 e. The predicted molar refractivity (Wildman–Crippen MR) is 132 cm³/mol. The van der Waals surface area contributed by atoms with Gasteiger partial charge in [0, 0.05) is 33.6 Å². The summed E-state index contributed by atoms with van der Waals surface area (Å²) in [5, 5.41) is 6.57. The van der Waals surface area contributed by atoms with Gasteiger partial charge in [0.1, 0.15) is 11.0 Å². The van der Waals surface area contributed by atoms with Gasteiger partial charge in [-0.3, -0.25) is 19.3 Å². The first-order valence-electron chi connectivity index (χ1n) is 11.9. The Hall–Kier alpha value is -3.48. The number of carbonyl (C=O) groups excluding carboxylic acids is 3. The molecular weight excluding hydrogens is 462 g/mol. The standard InChI is InChI=1S/C28H22ClN3O3/c29-17-12-13-21-19(15-17)28(26(35)31-21)24(23(33)16-7-2-1-3-8-16)27(22-11-6-14-32(22)28)18-9-4-5-10-20(18)30-25(27)34/h1-5,7-10,12-13,15,22,24H,6,11,14H2,(H,30,34)(H,31,35)/t22-,24-,27+,28-/m1/s1. The summed E-state index contributed by atoms with van der Waals surface area (Å²) in [5.41, 5.74) is 0.737. The van der Waals surface area contributed by atoms with Crippen molar-refractivity contribution in [2.45, 2.75) is 29.8 Å². The summed E-state index contributed by atoms with van der Waals surface area (Å²) < 4.78 is 0. The largest absolute Gasteiger partial charge is 0.325 e. The molecule has 35 heavy (non-hydrogen) atoms. The van der Waals surface area contributed by atoms with Crippen molar-refractivity contribution >= 4 is 40.6 Å². The van der Waals surface area contributed by atoms with Crippen molar-refractivity contribution in [3.8, 4) is 0 Å². The Labute approximate surface area is 207 Å². The molecule has 0 unspecified atom stereocenters. The monoisotopic (exact) mass is 483 g/mol. The van der Waals surface area contributed by atoms with Crippen LogP contribution < -0.4 is 10.6 Å². The predicted octanol–water partition coefficient (Wildman–Crippen LogP) is 4.35. The Morgan fingerprint density at radius 1 is 0.886 bits per heavy atom. The summed E-state index contributed by atoms with van der Waals surface area (Å²) in [5.74, 6) is -1.67. The number of benzene rings is 3. The molecule has 7 heteroatoms. The second-order valence-electron chi connectivity index (χ2n) is 9.79. The van der Waals surface area contributed by atoms with E-state index in [1.807, 2.05) is 42.5 Å². The van der Waals surface area contributed by atoms with Crippen LogP contribution in [-0.2, 0) is 20.5 Å². The lowest BCUT2D eigenvalue weighted by atomic mass is 9.60. The fourth-order valence-corrected chi connectivity index (χ4v) is 7.46. The van der Waals surface area contributed by atoms with Crippen LogP contribution in [0.15, 0.2) is 72.8 Å². The molecule has 0 aromatic heterocycles. The number of para-hydroxylation sites is 1. The topological polar surface area (TPSA) is 78.5 Å². The zero-order valence-corrected chi connectivity index (χ0v) is 19.5. The van der Waals surface area contributed by atoms with Crippen molar-refractivity contribution in [1.82, 2.24) is 4.90 Å². The van der Waals surface area contributed by atoms with Crippen LogP contribution >= 0.6 is 11.6 Å². The third-order valence-corrected chi connectivity index (χ3v) is 8.64. The average molecular weight is 484 g/mol. The molecular formula is C28H22ClN3O3. The number of nitrogens with zero attached hydrogens (tertiary/aromatic N) is 1. The van der Waals surface area contributed by atoms with E-state index >= 15 is 0 Å². The number of ketones is 1. The molecule has 4 aliphatic heterocycles. The minimum absolute atomic E-state index is 0.213. The number of fused-ring (bicyclic) bond motifs is 7. The van der Waals surface area contributed by atoms with Gasteiger partial charge in [-0.15, -0.1) is 0 Å². The van der Waals surface area contributed by atoms with Gasteiger partial charge in [-0.05, 0) is 49.2 Å². The van der Waals surface area contributed by atoms with Crippen molar-refractivity contribution in [1.29, 1.82) is 0 Å². The minimum atomic E-state index is -1.34. The number of halogens is 1. The molecule has 7 rings (SSSR count). The summed E-state index contributed by atoms with van der Waals surface area (Å²) in [6.07, 6.45) is 1.55. The van der Waals surface area contributed by atoms with Crippen molar-refractivity contribution in [2.24, 2.45) is 5.92 Å². The van der Waals surface area contributed by atoms with Gasteiger partial charge in [-0.2, -0.15) is 0 Å². The maximum atomic E-state index is 14.6. The van der Waals surface area contributed by atoms with E-state index in [9.17, 15) is 14.4 Å². The summed E-state index contributed by atoms with van der Waals surface area (Å²) in [6.45, 7) is 0.611. The molecule has 0 saturated carbocycles. The van der Waals surface area contributed by atoms with Gasteiger partial charge in [0.2, 0.25) is 11.8 Å². The van der Waals surface area contributed by atoms with Crippen LogP contribution in [0.3, 0.4) is 0 Å². The molecule has 2 spiro atoms. The van der Waals surface area contributed by atoms with E-state index in [-0.39, 0.29) is 23.6 Å². The number of amides is 2. The number of rotatable bonds is 2. The lowest BCUT2D eigenvalue weighted by Crippen LogP contribution is -2.55. The first kappa shape index (κ1) is 20.9. The molecule has 0 bridgehead atoms. The molecule has 0 aliphatic carbocycles. The average Bonchev–Trinajstić information content (AvgIpc) is 3.59. The number of anilines is 2. The first-order chi connectivity index (χ1) is 17.0. The Morgan fingerprint density at radius 3 is 2.43 bits per heavy atom. The summed E-state index contributed by atoms with van der Waals surface area (Å²) in [4.78, 5) is 45.0. The lowest BCUT2D eigenvalue weighted by molar-refractivity contribution is -0.128. The highest BCUT2D eigenvalue weighted by Gasteiger charge is 2.78. The van der Waals surface area contributed by atoms with Crippen molar-refractivity contribution < 1.29 is 14.4 Å². The minimum Gasteiger partial charge on any atom is -0.325 e. The van der Waals surface area contributed by atoms with Crippen LogP contribution in [0, 0.1) is 5.92 Å². The van der Waals surface area contributed by atoms with Crippen molar-refractivity contribution in [3.63, 3.8) is 0 Å². The molecule has 2 amide bonds. The number of carbonyl (C=O) groups is 3. The molecule has 2 fully saturated rings. The second kappa shape index (κ2) is 7.03. The molecule has 3 aromatic carbocycles. The molecule has 2 N–H and O–H groups in total. The smallest absolute Gasteiger partial charge is 0.250 e. The van der Waals surface area contributed by atoms with Crippen LogP contribution in [0.4, 0.5) is 11.4 Å². The van der Waals surface area contributed by atoms with Crippen molar-refractivity contribution in [2.75, 3.05) is 17.2 Å². The molecule has 4 heterocycles. The summed E-state index contributed by atoms with van der Waals surface area (Å²) >= 11 is 6.46. The highest BCUT2D eigenvalue weighted by atomic mass is 35.5. The molecule has 3 aromatic rings. The third kappa shape index (κ3) is 2.36. The second-order valence-corrected chi connectivity index (χ2v) is 10.2. The maximum absolute atomic E-state index is 14.6. The van der Waals surface area contributed by atoms with Gasteiger partial charge in [0.05, 0.1) is 5.92 Å². The molecule has 174 valence electrons. The first-order valence-corrected chi connectivity index (χ1v) is 12.3. The summed E-state index contributed by atoms with van der Waals surface area (Å²) in [6, 6.07) is 21.6. The quantitative estimate of drug-likeness (QED) is 0.531. The number of Topliss-reactive ketones (excluding diaryl/α,β-unsaturated/α-hetero) is 1. The van der Waals surface area contributed by atoms with E-state index in [4.69, 9.17) is 11.6 Å². The zero-order valence-electron chi connectivity index (χ0n) is 18.8. The number of nitrogens with one attached hydrogen (secondary N) is 2. The Balaban J connectivity index is 1.60. The van der Waals surface area contributed by atoms with Gasteiger partial charge in [0.25, 0.3) is 0 Å². The zero-order chi connectivity index (χ0) is 23.9. The van der Waals surface area contributed by atoms with E-state index in [1.54, 1.807) is 30.3 Å². The SMILES string of the molecule is O=C(c1ccccc1)[C@@H]1[C@@]2(C(=O)Nc3ccccc32)[C@H]2CCCN2[C@@]12C(=O)Nc1ccc(Cl)cc12. The van der Waals surface area contributed by atoms with Gasteiger partial charge in [-0.1, -0.05) is 60.1 Å². The van der Waals surface area contributed by atoms with Crippen LogP contribution in [0.5, 0.6) is 0 Å². The number of hydrogen-bond donors (Lipinski definition) is 2. The van der Waals surface area contributed by atoms with E-state index < -0.39 is 16.9 Å². The van der Waals surface area contributed by atoms with E-state index in [0.717, 1.165) is 12.0 Å². The molecule has 0 radical (unpaired) electrons. The number of hydrogen-bond acceptors (Lipinski definition) is 4. The normalized spacial score (nSPS) is 30.3. The van der Waals surface area contributed by atoms with Gasteiger partial charge >= 0.3 is 0 Å². The fourth-order valence-electron chi connectivity index (χ4n) is 7.29. The van der Waals surface area contributed by atoms with E-state index in [2.05, 4.69) is 15.5 Å². The highest BCUT2D eigenvalue weighted by molar-refractivity contribution is 6.31. The molecule has 6 nitrogen and oxygen atoms in total. The molecule has 4 atom stereocenters. The Kier molecular flexibility index (Phi) is 4.19. The van der Waals surface area contributed by atoms with Gasteiger partial charge in [0.15, 0.2) is 5.78 Å². The highest BCUT2D eigenvalue weighted by Crippen LogP contribution is 2.66. The Bertz CT molecular complexity index is 1440. The lowest BCUT2D eigenvalue weighted by Gasteiger charge is -2.38.